The van der Waals surface area contributed by atoms with Crippen LogP contribution in [-0.4, -0.2) is 13.2 Å². The van der Waals surface area contributed by atoms with E-state index in [1.54, 1.807) is 0 Å². The second-order valence-electron chi connectivity index (χ2n) is 4.88. The lowest BCUT2D eigenvalue weighted by Crippen LogP contribution is -2.22. The molecule has 1 aromatic carbocycles. The van der Waals surface area contributed by atoms with Gasteiger partial charge in [0.05, 0.1) is 6.61 Å². The molecule has 0 amide bonds. The molecule has 2 N–H and O–H groups in total. The van der Waals surface area contributed by atoms with Crippen LogP contribution in [-0.2, 0) is 0 Å². The van der Waals surface area contributed by atoms with Gasteiger partial charge in [-0.15, -0.1) is 0 Å². The van der Waals surface area contributed by atoms with Gasteiger partial charge >= 0.3 is 0 Å². The zero-order chi connectivity index (χ0) is 12.1. The van der Waals surface area contributed by atoms with Crippen LogP contribution in [0.5, 0.6) is 5.75 Å². The third-order valence-electron chi connectivity index (χ3n) is 3.82. The number of rotatable bonds is 6. The van der Waals surface area contributed by atoms with E-state index in [1.807, 2.05) is 6.92 Å². The van der Waals surface area contributed by atoms with Gasteiger partial charge in [0, 0.05) is 0 Å². The highest BCUT2D eigenvalue weighted by molar-refractivity contribution is 5.30. The van der Waals surface area contributed by atoms with Gasteiger partial charge in [0.15, 0.2) is 0 Å². The molecule has 2 nitrogen and oxygen atoms in total. The molecule has 94 valence electrons. The smallest absolute Gasteiger partial charge is 0.119 e. The zero-order valence-corrected chi connectivity index (χ0v) is 10.7. The molecular formula is C15H23NO. The summed E-state index contributed by atoms with van der Waals surface area (Å²) in [5.74, 6) is 2.48. The average Bonchev–Trinajstić information content (AvgIpc) is 2.28. The molecule has 17 heavy (non-hydrogen) atoms. The summed E-state index contributed by atoms with van der Waals surface area (Å²) in [6.07, 6.45) is 5.25. The minimum absolute atomic E-state index is 0.657. The third-order valence-corrected chi connectivity index (χ3v) is 3.82. The van der Waals surface area contributed by atoms with Crippen LogP contribution in [0.1, 0.15) is 44.1 Å². The summed E-state index contributed by atoms with van der Waals surface area (Å²) in [6, 6.07) is 8.59. The summed E-state index contributed by atoms with van der Waals surface area (Å²) in [7, 11) is 0. The molecule has 1 unspecified atom stereocenters. The van der Waals surface area contributed by atoms with Crippen LogP contribution in [0.2, 0.25) is 0 Å². The largest absolute Gasteiger partial charge is 0.494 e. The third kappa shape index (κ3) is 3.01. The number of hydrogen-bond donors (Lipinski definition) is 1. The molecule has 1 fully saturated rings. The Kier molecular flexibility index (Phi) is 4.43. The molecule has 2 rings (SSSR count). The first-order chi connectivity index (χ1) is 8.35. The first-order valence-corrected chi connectivity index (χ1v) is 6.78. The van der Waals surface area contributed by atoms with Crippen molar-refractivity contribution in [2.45, 2.75) is 38.5 Å². The summed E-state index contributed by atoms with van der Waals surface area (Å²) in [5.41, 5.74) is 7.17. The van der Waals surface area contributed by atoms with Gasteiger partial charge in [0.25, 0.3) is 0 Å². The number of nitrogens with two attached hydrogens (primary N) is 1. The maximum Gasteiger partial charge on any atom is 0.119 e. The second kappa shape index (κ2) is 6.06. The maximum absolute atomic E-state index is 5.74. The van der Waals surface area contributed by atoms with Crippen molar-refractivity contribution in [3.05, 3.63) is 29.8 Å². The molecule has 0 bridgehead atoms. The van der Waals surface area contributed by atoms with Crippen molar-refractivity contribution in [3.63, 3.8) is 0 Å². The van der Waals surface area contributed by atoms with Crippen LogP contribution in [0.4, 0.5) is 0 Å². The van der Waals surface area contributed by atoms with E-state index in [0.717, 1.165) is 31.2 Å². The maximum atomic E-state index is 5.74. The van der Waals surface area contributed by atoms with E-state index in [2.05, 4.69) is 24.3 Å². The highest BCUT2D eigenvalue weighted by Gasteiger charge is 2.27. The van der Waals surface area contributed by atoms with E-state index in [-0.39, 0.29) is 0 Å². The summed E-state index contributed by atoms with van der Waals surface area (Å²) in [5, 5.41) is 0. The van der Waals surface area contributed by atoms with Crippen molar-refractivity contribution in [1.29, 1.82) is 0 Å². The molecule has 0 saturated heterocycles. The molecule has 1 aromatic rings. The quantitative estimate of drug-likeness (QED) is 0.818. The van der Waals surface area contributed by atoms with Crippen LogP contribution >= 0.6 is 0 Å². The van der Waals surface area contributed by atoms with Crippen LogP contribution < -0.4 is 10.5 Å². The van der Waals surface area contributed by atoms with Gasteiger partial charge in [-0.25, -0.2) is 0 Å². The fraction of sp³-hybridized carbons (Fsp3) is 0.600. The van der Waals surface area contributed by atoms with E-state index in [1.165, 1.54) is 24.8 Å². The van der Waals surface area contributed by atoms with E-state index < -0.39 is 0 Å². The molecule has 1 atom stereocenters. The molecule has 1 aliphatic rings. The molecule has 0 aromatic heterocycles. The lowest BCUT2D eigenvalue weighted by molar-refractivity contribution is 0.253. The molecule has 2 heteroatoms. The Morgan fingerprint density at radius 1 is 1.29 bits per heavy atom. The van der Waals surface area contributed by atoms with Crippen molar-refractivity contribution in [2.24, 2.45) is 11.7 Å². The van der Waals surface area contributed by atoms with Crippen molar-refractivity contribution >= 4 is 0 Å². The molecule has 0 aliphatic heterocycles. The highest BCUT2D eigenvalue weighted by atomic mass is 16.5. The Bertz CT molecular complexity index is 329. The highest BCUT2D eigenvalue weighted by Crippen LogP contribution is 2.41. The summed E-state index contributed by atoms with van der Waals surface area (Å²) < 4.78 is 5.48. The first-order valence-electron chi connectivity index (χ1n) is 6.78. The lowest BCUT2D eigenvalue weighted by atomic mass is 9.72. The standard InChI is InChI=1S/C15H23NO/c1-2-17-14-8-6-13(7-9-14)15(10-11-16)12-4-3-5-12/h6-9,12,15H,2-5,10-11,16H2,1H3. The Morgan fingerprint density at radius 3 is 2.47 bits per heavy atom. The van der Waals surface area contributed by atoms with Crippen molar-refractivity contribution in [3.8, 4) is 5.75 Å². The normalized spacial score (nSPS) is 17.5. The monoisotopic (exact) mass is 233 g/mol. The number of ether oxygens (including phenoxy) is 1. The van der Waals surface area contributed by atoms with E-state index in [0.29, 0.717) is 5.92 Å². The van der Waals surface area contributed by atoms with Crippen molar-refractivity contribution in [2.75, 3.05) is 13.2 Å². The van der Waals surface area contributed by atoms with Crippen LogP contribution in [0.15, 0.2) is 24.3 Å². The topological polar surface area (TPSA) is 35.2 Å². The Morgan fingerprint density at radius 2 is 2.00 bits per heavy atom. The van der Waals surface area contributed by atoms with Gasteiger partial charge in [-0.2, -0.15) is 0 Å². The molecule has 1 aliphatic carbocycles. The van der Waals surface area contributed by atoms with E-state index in [9.17, 15) is 0 Å². The van der Waals surface area contributed by atoms with Gasteiger partial charge in [-0.3, -0.25) is 0 Å². The predicted molar refractivity (Wildman–Crippen MR) is 71.4 cm³/mol. The molecule has 0 radical (unpaired) electrons. The molecule has 1 saturated carbocycles. The summed E-state index contributed by atoms with van der Waals surface area (Å²) in [6.45, 7) is 3.53. The zero-order valence-electron chi connectivity index (χ0n) is 10.7. The minimum atomic E-state index is 0.657. The van der Waals surface area contributed by atoms with Crippen molar-refractivity contribution < 1.29 is 4.74 Å². The van der Waals surface area contributed by atoms with Gasteiger partial charge < -0.3 is 10.5 Å². The fourth-order valence-corrected chi connectivity index (χ4v) is 2.67. The number of benzene rings is 1. The van der Waals surface area contributed by atoms with Crippen LogP contribution in [0, 0.1) is 5.92 Å². The van der Waals surface area contributed by atoms with Crippen LogP contribution in [0.25, 0.3) is 0 Å². The minimum Gasteiger partial charge on any atom is -0.494 e. The molecular weight excluding hydrogens is 210 g/mol. The Balaban J connectivity index is 2.06. The summed E-state index contributed by atoms with van der Waals surface area (Å²) in [4.78, 5) is 0. The second-order valence-corrected chi connectivity index (χ2v) is 4.88. The molecule has 0 heterocycles. The van der Waals surface area contributed by atoms with Crippen molar-refractivity contribution in [1.82, 2.24) is 0 Å². The lowest BCUT2D eigenvalue weighted by Gasteiger charge is -2.34. The van der Waals surface area contributed by atoms with E-state index >= 15 is 0 Å². The Labute approximate surface area is 104 Å². The number of hydrogen-bond acceptors (Lipinski definition) is 2. The van der Waals surface area contributed by atoms with Gasteiger partial charge in [0.1, 0.15) is 5.75 Å². The van der Waals surface area contributed by atoms with Gasteiger partial charge in [0.2, 0.25) is 0 Å². The van der Waals surface area contributed by atoms with Crippen LogP contribution in [0.3, 0.4) is 0 Å². The van der Waals surface area contributed by atoms with E-state index in [4.69, 9.17) is 10.5 Å². The predicted octanol–water partition coefficient (Wildman–Crippen LogP) is 3.32. The Hall–Kier alpha value is -1.02. The average molecular weight is 233 g/mol. The van der Waals surface area contributed by atoms with Gasteiger partial charge in [-0.05, 0) is 62.3 Å². The summed E-state index contributed by atoms with van der Waals surface area (Å²) >= 11 is 0. The fourth-order valence-electron chi connectivity index (χ4n) is 2.67. The SMILES string of the molecule is CCOc1ccc(C(CCN)C2CCC2)cc1. The first kappa shape index (κ1) is 12.4. The van der Waals surface area contributed by atoms with Gasteiger partial charge in [-0.1, -0.05) is 18.6 Å². The molecule has 0 spiro atoms.